The van der Waals surface area contributed by atoms with Gasteiger partial charge in [-0.05, 0) is 62.3 Å². The summed E-state index contributed by atoms with van der Waals surface area (Å²) >= 11 is 0. The minimum Gasteiger partial charge on any atom is -0.343 e. The molecule has 5 heteroatoms. The van der Waals surface area contributed by atoms with Gasteiger partial charge in [0.2, 0.25) is 5.91 Å². The Morgan fingerprint density at radius 3 is 2.96 bits per heavy atom. The van der Waals surface area contributed by atoms with E-state index >= 15 is 0 Å². The van der Waals surface area contributed by atoms with Crippen LogP contribution in [0.25, 0.3) is 11.0 Å². The van der Waals surface area contributed by atoms with E-state index in [4.69, 9.17) is 0 Å². The van der Waals surface area contributed by atoms with Crippen LogP contribution >= 0.6 is 0 Å². The quantitative estimate of drug-likeness (QED) is 0.904. The highest BCUT2D eigenvalue weighted by atomic mass is 16.2. The molecule has 1 N–H and O–H groups in total. The number of hydrogen-bond donors (Lipinski definition) is 1. The van der Waals surface area contributed by atoms with Crippen molar-refractivity contribution in [2.45, 2.75) is 58.0 Å². The average Bonchev–Trinajstić information content (AvgIpc) is 3.21. The number of aromatic nitrogens is 2. The molecule has 0 aromatic carbocycles. The monoisotopic (exact) mass is 352 g/mol. The van der Waals surface area contributed by atoms with Crippen LogP contribution in [0.5, 0.6) is 0 Å². The van der Waals surface area contributed by atoms with E-state index in [1.807, 2.05) is 6.20 Å². The van der Waals surface area contributed by atoms with E-state index in [-0.39, 0.29) is 0 Å². The molecule has 3 aliphatic rings. The summed E-state index contributed by atoms with van der Waals surface area (Å²) in [5.41, 5.74) is 5.00. The molecule has 138 valence electrons. The highest BCUT2D eigenvalue weighted by molar-refractivity contribution is 5.82. The van der Waals surface area contributed by atoms with Crippen LogP contribution in [0.3, 0.4) is 0 Å². The molecule has 2 saturated heterocycles. The number of fused-ring (bicyclic) bond motifs is 4. The van der Waals surface area contributed by atoms with Gasteiger partial charge in [-0.3, -0.25) is 9.69 Å². The van der Waals surface area contributed by atoms with Gasteiger partial charge in [0.25, 0.3) is 0 Å². The molecule has 1 amide bonds. The molecule has 5 nitrogen and oxygen atoms in total. The van der Waals surface area contributed by atoms with Gasteiger partial charge >= 0.3 is 0 Å². The van der Waals surface area contributed by atoms with Gasteiger partial charge in [-0.15, -0.1) is 0 Å². The second-order valence-corrected chi connectivity index (χ2v) is 8.43. The van der Waals surface area contributed by atoms with Crippen molar-refractivity contribution in [3.8, 4) is 0 Å². The highest BCUT2D eigenvalue weighted by Gasteiger charge is 2.40. The fourth-order valence-corrected chi connectivity index (χ4v) is 5.26. The number of piperidine rings is 1. The van der Waals surface area contributed by atoms with Crippen LogP contribution in [0.4, 0.5) is 0 Å². The summed E-state index contributed by atoms with van der Waals surface area (Å²) in [5.74, 6) is 0.884. The molecule has 3 aliphatic heterocycles. The molecule has 2 atom stereocenters. The Kier molecular flexibility index (Phi) is 4.00. The van der Waals surface area contributed by atoms with Crippen molar-refractivity contribution in [1.82, 2.24) is 19.8 Å². The van der Waals surface area contributed by atoms with Gasteiger partial charge < -0.3 is 9.88 Å². The van der Waals surface area contributed by atoms with E-state index in [1.54, 1.807) is 0 Å². The number of carbonyl (C=O) groups excluding carboxylic acids is 1. The Morgan fingerprint density at radius 2 is 2.12 bits per heavy atom. The first-order valence-electron chi connectivity index (χ1n) is 10.2. The fraction of sp³-hybridized carbons (Fsp3) is 0.619. The molecule has 2 aromatic heterocycles. The van der Waals surface area contributed by atoms with E-state index in [0.717, 1.165) is 51.1 Å². The molecule has 0 radical (unpaired) electrons. The first-order valence-corrected chi connectivity index (χ1v) is 10.2. The third-order valence-corrected chi connectivity index (χ3v) is 6.70. The number of hydrogen-bond acceptors (Lipinski definition) is 3. The Labute approximate surface area is 154 Å². The first kappa shape index (κ1) is 16.3. The summed E-state index contributed by atoms with van der Waals surface area (Å²) in [6.07, 6.45) is 8.49. The number of nitrogens with zero attached hydrogens (tertiary/aromatic N) is 3. The molecule has 0 aliphatic carbocycles. The van der Waals surface area contributed by atoms with E-state index < -0.39 is 0 Å². The van der Waals surface area contributed by atoms with Crippen LogP contribution < -0.4 is 0 Å². The van der Waals surface area contributed by atoms with E-state index in [2.05, 4.69) is 32.8 Å². The number of H-pyrrole nitrogens is 1. The largest absolute Gasteiger partial charge is 0.343 e. The summed E-state index contributed by atoms with van der Waals surface area (Å²) in [4.78, 5) is 25.6. The predicted molar refractivity (Wildman–Crippen MR) is 102 cm³/mol. The zero-order valence-electron chi connectivity index (χ0n) is 15.6. The van der Waals surface area contributed by atoms with Gasteiger partial charge in [0.1, 0.15) is 5.65 Å². The number of rotatable bonds is 2. The second kappa shape index (κ2) is 6.38. The Hall–Kier alpha value is -1.88. The Morgan fingerprint density at radius 1 is 1.27 bits per heavy atom. The standard InChI is InChI=1S/C21H28N4O/c1-14-9-16-17-13-25-8-5-15(10-20(26)24-6-3-2-4-7-24)19(25)11-18(17)23-21(16)22-12-14/h9,12,15,19H,2-8,10-11,13H2,1H3,(H,22,23). The Bertz CT molecular complexity index is 836. The van der Waals surface area contributed by atoms with Crippen LogP contribution in [0.1, 0.15) is 48.9 Å². The van der Waals surface area contributed by atoms with Crippen molar-refractivity contribution >= 4 is 16.9 Å². The molecule has 5 rings (SSSR count). The number of amides is 1. The van der Waals surface area contributed by atoms with Gasteiger partial charge in [0.05, 0.1) is 0 Å². The highest BCUT2D eigenvalue weighted by Crippen LogP contribution is 2.38. The summed E-state index contributed by atoms with van der Waals surface area (Å²) in [6.45, 7) is 6.16. The van der Waals surface area contributed by atoms with E-state index in [1.165, 1.54) is 41.5 Å². The van der Waals surface area contributed by atoms with Gasteiger partial charge in [0.15, 0.2) is 0 Å². The maximum absolute atomic E-state index is 12.7. The molecular weight excluding hydrogens is 324 g/mol. The van der Waals surface area contributed by atoms with Crippen molar-refractivity contribution in [2.75, 3.05) is 19.6 Å². The predicted octanol–water partition coefficient (Wildman–Crippen LogP) is 3.02. The number of likely N-dealkylation sites (tertiary alicyclic amines) is 1. The maximum Gasteiger partial charge on any atom is 0.222 e. The summed E-state index contributed by atoms with van der Waals surface area (Å²) in [5, 5.41) is 1.28. The Balaban J connectivity index is 1.35. The van der Waals surface area contributed by atoms with Crippen molar-refractivity contribution < 1.29 is 4.79 Å². The average molecular weight is 352 g/mol. The topological polar surface area (TPSA) is 52.2 Å². The number of aromatic amines is 1. The smallest absolute Gasteiger partial charge is 0.222 e. The van der Waals surface area contributed by atoms with Crippen LogP contribution in [0.15, 0.2) is 12.3 Å². The number of aryl methyl sites for hydroxylation is 1. The van der Waals surface area contributed by atoms with Gasteiger partial charge in [-0.1, -0.05) is 0 Å². The zero-order chi connectivity index (χ0) is 17.7. The molecule has 0 saturated carbocycles. The number of carbonyl (C=O) groups is 1. The first-order chi connectivity index (χ1) is 12.7. The molecule has 0 bridgehead atoms. The fourth-order valence-electron chi connectivity index (χ4n) is 5.26. The minimum atomic E-state index is 0.385. The number of pyridine rings is 1. The third-order valence-electron chi connectivity index (χ3n) is 6.70. The van der Waals surface area contributed by atoms with Gasteiger partial charge in [-0.25, -0.2) is 4.98 Å². The lowest BCUT2D eigenvalue weighted by molar-refractivity contribution is -0.133. The third kappa shape index (κ3) is 2.73. The second-order valence-electron chi connectivity index (χ2n) is 8.43. The molecule has 5 heterocycles. The van der Waals surface area contributed by atoms with Crippen LogP contribution in [-0.4, -0.2) is 51.4 Å². The lowest BCUT2D eigenvalue weighted by atomic mass is 9.89. The molecule has 26 heavy (non-hydrogen) atoms. The van der Waals surface area contributed by atoms with Crippen LogP contribution in [-0.2, 0) is 17.8 Å². The lowest BCUT2D eigenvalue weighted by Crippen LogP contribution is -2.41. The SMILES string of the molecule is Cc1cnc2[nH]c3c(c2c1)CN1CCC(CC(=O)N2CCCCC2)C1C3. The van der Waals surface area contributed by atoms with E-state index in [9.17, 15) is 4.79 Å². The normalized spacial score (nSPS) is 26.1. The minimum absolute atomic E-state index is 0.385. The molecule has 2 unspecified atom stereocenters. The number of nitrogens with one attached hydrogen (secondary N) is 1. The van der Waals surface area contributed by atoms with Gasteiger partial charge in [0, 0.05) is 55.8 Å². The zero-order valence-corrected chi connectivity index (χ0v) is 15.6. The van der Waals surface area contributed by atoms with Crippen molar-refractivity contribution in [3.63, 3.8) is 0 Å². The summed E-state index contributed by atoms with van der Waals surface area (Å²) in [7, 11) is 0. The molecule has 2 fully saturated rings. The lowest BCUT2D eigenvalue weighted by Gasteiger charge is -2.34. The van der Waals surface area contributed by atoms with E-state index in [0.29, 0.717) is 17.9 Å². The van der Waals surface area contributed by atoms with Crippen LogP contribution in [0.2, 0.25) is 0 Å². The van der Waals surface area contributed by atoms with Crippen molar-refractivity contribution in [3.05, 3.63) is 29.1 Å². The maximum atomic E-state index is 12.7. The molecule has 2 aromatic rings. The molecular formula is C21H28N4O. The molecule has 0 spiro atoms. The van der Waals surface area contributed by atoms with Crippen molar-refractivity contribution in [2.24, 2.45) is 5.92 Å². The van der Waals surface area contributed by atoms with Gasteiger partial charge in [-0.2, -0.15) is 0 Å². The van der Waals surface area contributed by atoms with Crippen LogP contribution in [0, 0.1) is 12.8 Å². The van der Waals surface area contributed by atoms with Crippen molar-refractivity contribution in [1.29, 1.82) is 0 Å². The summed E-state index contributed by atoms with van der Waals surface area (Å²) in [6, 6.07) is 2.76. The summed E-state index contributed by atoms with van der Waals surface area (Å²) < 4.78 is 0.